The summed E-state index contributed by atoms with van der Waals surface area (Å²) in [6.45, 7) is 7.09. The highest BCUT2D eigenvalue weighted by Crippen LogP contribution is 2.36. The molecule has 1 saturated heterocycles. The SMILES string of the molecule is CCC(C)(C)C1CCCN1C(=O)c1coc(S(N)(=O)=O)c1. The molecule has 1 unspecified atom stereocenters. The molecule has 6 nitrogen and oxygen atoms in total. The summed E-state index contributed by atoms with van der Waals surface area (Å²) < 4.78 is 27.3. The number of carbonyl (C=O) groups is 1. The molecule has 2 N–H and O–H groups in total. The maximum atomic E-state index is 12.6. The van der Waals surface area contributed by atoms with E-state index in [4.69, 9.17) is 9.56 Å². The summed E-state index contributed by atoms with van der Waals surface area (Å²) in [6, 6.07) is 1.36. The Morgan fingerprint density at radius 2 is 2.19 bits per heavy atom. The van der Waals surface area contributed by atoms with Crippen molar-refractivity contribution in [3.8, 4) is 0 Å². The van der Waals surface area contributed by atoms with E-state index in [9.17, 15) is 13.2 Å². The lowest BCUT2D eigenvalue weighted by atomic mass is 9.80. The van der Waals surface area contributed by atoms with Gasteiger partial charge in [-0.3, -0.25) is 4.79 Å². The number of sulfonamides is 1. The van der Waals surface area contributed by atoms with Crippen LogP contribution in [-0.2, 0) is 10.0 Å². The van der Waals surface area contributed by atoms with E-state index in [1.165, 1.54) is 6.07 Å². The second kappa shape index (κ2) is 5.46. The first-order chi connectivity index (χ1) is 9.66. The molecular formula is C14H22N2O4S. The molecule has 1 fully saturated rings. The average Bonchev–Trinajstić information content (AvgIpc) is 3.06. The molecule has 21 heavy (non-hydrogen) atoms. The van der Waals surface area contributed by atoms with Gasteiger partial charge in [-0.05, 0) is 24.7 Å². The van der Waals surface area contributed by atoms with E-state index in [1.807, 2.05) is 4.90 Å². The van der Waals surface area contributed by atoms with Crippen LogP contribution in [-0.4, -0.2) is 31.8 Å². The van der Waals surface area contributed by atoms with Crippen molar-refractivity contribution in [2.75, 3.05) is 6.54 Å². The fraction of sp³-hybridized carbons (Fsp3) is 0.643. The lowest BCUT2D eigenvalue weighted by molar-refractivity contribution is 0.0595. The fourth-order valence-electron chi connectivity index (χ4n) is 2.80. The van der Waals surface area contributed by atoms with E-state index < -0.39 is 10.0 Å². The zero-order chi connectivity index (χ0) is 15.8. The van der Waals surface area contributed by atoms with Crippen molar-refractivity contribution < 1.29 is 17.6 Å². The van der Waals surface area contributed by atoms with E-state index >= 15 is 0 Å². The quantitative estimate of drug-likeness (QED) is 0.919. The van der Waals surface area contributed by atoms with Gasteiger partial charge in [0, 0.05) is 18.7 Å². The summed E-state index contributed by atoms with van der Waals surface area (Å²) in [5.74, 6) is -0.197. The Labute approximate surface area is 125 Å². The Bertz CT molecular complexity index is 633. The van der Waals surface area contributed by atoms with E-state index in [2.05, 4.69) is 20.8 Å². The van der Waals surface area contributed by atoms with Crippen LogP contribution in [0.25, 0.3) is 0 Å². The zero-order valence-corrected chi connectivity index (χ0v) is 13.4. The van der Waals surface area contributed by atoms with Crippen molar-refractivity contribution in [2.45, 2.75) is 51.2 Å². The predicted octanol–water partition coefficient (Wildman–Crippen LogP) is 1.97. The molecule has 1 aliphatic heterocycles. The maximum absolute atomic E-state index is 12.6. The molecule has 1 amide bonds. The van der Waals surface area contributed by atoms with Crippen LogP contribution >= 0.6 is 0 Å². The molecular weight excluding hydrogens is 292 g/mol. The third-order valence-electron chi connectivity index (χ3n) is 4.43. The van der Waals surface area contributed by atoms with Crippen molar-refractivity contribution in [3.05, 3.63) is 17.9 Å². The molecule has 0 bridgehead atoms. The van der Waals surface area contributed by atoms with Gasteiger partial charge in [0.15, 0.2) is 0 Å². The third kappa shape index (κ3) is 3.13. The summed E-state index contributed by atoms with van der Waals surface area (Å²) in [7, 11) is -3.92. The van der Waals surface area contributed by atoms with Crippen LogP contribution < -0.4 is 5.14 Å². The van der Waals surface area contributed by atoms with E-state index in [0.29, 0.717) is 6.54 Å². The first-order valence-electron chi connectivity index (χ1n) is 7.09. The predicted molar refractivity (Wildman–Crippen MR) is 78.2 cm³/mol. The summed E-state index contributed by atoms with van der Waals surface area (Å²) in [5, 5.41) is 4.62. The highest BCUT2D eigenvalue weighted by Gasteiger charge is 2.39. The van der Waals surface area contributed by atoms with E-state index in [1.54, 1.807) is 0 Å². The van der Waals surface area contributed by atoms with Gasteiger partial charge < -0.3 is 9.32 Å². The minimum absolute atomic E-state index is 0.0265. The molecule has 1 atom stereocenters. The number of hydrogen-bond donors (Lipinski definition) is 1. The van der Waals surface area contributed by atoms with Crippen molar-refractivity contribution in [3.63, 3.8) is 0 Å². The minimum atomic E-state index is -3.92. The topological polar surface area (TPSA) is 93.6 Å². The van der Waals surface area contributed by atoms with E-state index in [-0.39, 0.29) is 28.0 Å². The molecule has 2 rings (SSSR count). The third-order valence-corrected chi connectivity index (χ3v) is 5.20. The van der Waals surface area contributed by atoms with Gasteiger partial charge in [-0.1, -0.05) is 20.8 Å². The highest BCUT2D eigenvalue weighted by atomic mass is 32.2. The number of amides is 1. The normalized spacial score (nSPS) is 20.0. The number of primary sulfonamides is 1. The molecule has 2 heterocycles. The lowest BCUT2D eigenvalue weighted by Gasteiger charge is -2.37. The lowest BCUT2D eigenvalue weighted by Crippen LogP contribution is -2.44. The van der Waals surface area contributed by atoms with Gasteiger partial charge in [0.25, 0.3) is 15.9 Å². The molecule has 1 aromatic heterocycles. The second-order valence-electron chi connectivity index (χ2n) is 6.20. The summed E-state index contributed by atoms with van der Waals surface area (Å²) in [5.41, 5.74) is 0.261. The molecule has 0 aromatic carbocycles. The van der Waals surface area contributed by atoms with Gasteiger partial charge in [-0.15, -0.1) is 0 Å². The Balaban J connectivity index is 2.25. The summed E-state index contributed by atoms with van der Waals surface area (Å²) in [4.78, 5) is 14.4. The van der Waals surface area contributed by atoms with Crippen LogP contribution in [0.5, 0.6) is 0 Å². The Kier molecular flexibility index (Phi) is 4.17. The van der Waals surface area contributed by atoms with Crippen LogP contribution in [0.2, 0.25) is 0 Å². The van der Waals surface area contributed by atoms with Crippen LogP contribution in [0, 0.1) is 5.41 Å². The van der Waals surface area contributed by atoms with Gasteiger partial charge >= 0.3 is 0 Å². The molecule has 1 aromatic rings. The summed E-state index contributed by atoms with van der Waals surface area (Å²) in [6.07, 6.45) is 4.05. The molecule has 1 aliphatic rings. The molecule has 0 saturated carbocycles. The molecule has 0 radical (unpaired) electrons. The molecule has 7 heteroatoms. The Morgan fingerprint density at radius 1 is 1.52 bits per heavy atom. The number of carbonyl (C=O) groups excluding carboxylic acids is 1. The highest BCUT2D eigenvalue weighted by molar-refractivity contribution is 7.89. The molecule has 118 valence electrons. The van der Waals surface area contributed by atoms with Crippen molar-refractivity contribution >= 4 is 15.9 Å². The smallest absolute Gasteiger partial charge is 0.271 e. The minimum Gasteiger partial charge on any atom is -0.451 e. The molecule has 0 spiro atoms. The van der Waals surface area contributed by atoms with Crippen molar-refractivity contribution in [1.29, 1.82) is 0 Å². The van der Waals surface area contributed by atoms with Crippen LogP contribution in [0.4, 0.5) is 0 Å². The number of furan rings is 1. The maximum Gasteiger partial charge on any atom is 0.271 e. The number of likely N-dealkylation sites (tertiary alicyclic amines) is 1. The van der Waals surface area contributed by atoms with Gasteiger partial charge in [0.05, 0.1) is 5.56 Å². The average molecular weight is 314 g/mol. The van der Waals surface area contributed by atoms with Gasteiger partial charge in [-0.2, -0.15) is 0 Å². The Hall–Kier alpha value is -1.34. The number of nitrogens with two attached hydrogens (primary N) is 1. The van der Waals surface area contributed by atoms with Gasteiger partial charge in [0.2, 0.25) is 5.09 Å². The number of hydrogen-bond acceptors (Lipinski definition) is 4. The van der Waals surface area contributed by atoms with Crippen molar-refractivity contribution in [2.24, 2.45) is 10.6 Å². The zero-order valence-electron chi connectivity index (χ0n) is 12.6. The van der Waals surface area contributed by atoms with Gasteiger partial charge in [0.1, 0.15) is 6.26 Å². The van der Waals surface area contributed by atoms with Crippen LogP contribution in [0.3, 0.4) is 0 Å². The second-order valence-corrected chi connectivity index (χ2v) is 7.69. The summed E-state index contributed by atoms with van der Waals surface area (Å²) >= 11 is 0. The van der Waals surface area contributed by atoms with Gasteiger partial charge in [-0.25, -0.2) is 13.6 Å². The first-order valence-corrected chi connectivity index (χ1v) is 8.64. The standard InChI is InChI=1S/C14H22N2O4S/c1-4-14(2,3)11-6-5-7-16(11)13(17)10-8-12(20-9-10)21(15,18)19/h8-9,11H,4-7H2,1-3H3,(H2,15,18,19). The van der Waals surface area contributed by atoms with E-state index in [0.717, 1.165) is 25.5 Å². The number of nitrogens with zero attached hydrogens (tertiary/aromatic N) is 1. The first kappa shape index (κ1) is 16.0. The van der Waals surface area contributed by atoms with Crippen LogP contribution in [0.1, 0.15) is 50.4 Å². The molecule has 0 aliphatic carbocycles. The Morgan fingerprint density at radius 3 is 2.71 bits per heavy atom. The largest absolute Gasteiger partial charge is 0.451 e. The van der Waals surface area contributed by atoms with Crippen LogP contribution in [0.15, 0.2) is 21.8 Å². The monoisotopic (exact) mass is 314 g/mol. The number of rotatable bonds is 4. The van der Waals surface area contributed by atoms with Crippen molar-refractivity contribution in [1.82, 2.24) is 4.90 Å². The fourth-order valence-corrected chi connectivity index (χ4v) is 3.28.